The highest BCUT2D eigenvalue weighted by molar-refractivity contribution is 5.98. The predicted octanol–water partition coefficient (Wildman–Crippen LogP) is 5.13. The number of nitrogens with two attached hydrogens (primary N) is 1. The van der Waals surface area contributed by atoms with Crippen molar-refractivity contribution in [3.63, 3.8) is 0 Å². The Morgan fingerprint density at radius 1 is 1.18 bits per heavy atom. The molecule has 196 valence electrons. The van der Waals surface area contributed by atoms with E-state index in [1.807, 2.05) is 12.3 Å². The first kappa shape index (κ1) is 25.6. The van der Waals surface area contributed by atoms with Crippen molar-refractivity contribution in [2.24, 2.45) is 0 Å². The minimum absolute atomic E-state index is 0.422. The molecule has 0 atom stereocenters. The summed E-state index contributed by atoms with van der Waals surface area (Å²) in [4.78, 5) is 14.0. The van der Waals surface area contributed by atoms with Gasteiger partial charge in [-0.25, -0.2) is 9.97 Å². The average molecular weight is 509 g/mol. The van der Waals surface area contributed by atoms with Crippen molar-refractivity contribution in [1.82, 2.24) is 19.4 Å². The molecule has 1 aliphatic heterocycles. The number of nitrogens with zero attached hydrogens (tertiary/aromatic N) is 6. The molecule has 0 aliphatic carbocycles. The van der Waals surface area contributed by atoms with Crippen molar-refractivity contribution < 1.29 is 0 Å². The van der Waals surface area contributed by atoms with Crippen LogP contribution >= 0.6 is 0 Å². The Balaban J connectivity index is 1.51. The molecule has 2 aromatic carbocycles. The van der Waals surface area contributed by atoms with Gasteiger partial charge < -0.3 is 25.4 Å². The molecule has 1 aliphatic rings. The molecular weight excluding hydrogens is 472 g/mol. The summed E-state index contributed by atoms with van der Waals surface area (Å²) in [6.45, 7) is 4.90. The standard InChI is InChI=1S/C30H36N8/c1-20-16-27(37(4)15-14-36(2)3)25(32)17-26(20)34-30-33-18-22(9-6-12-31)28(35-30)24-19-38-13-7-10-21-8-5-11-23(24)29(21)38/h5,8,11,16-19H,6-7,9-10,13-15,32H2,1-4H3,(H,33,34,35). The average Bonchev–Trinajstić information content (AvgIpc) is 3.28. The van der Waals surface area contributed by atoms with Gasteiger partial charge >= 0.3 is 0 Å². The molecule has 0 unspecified atom stereocenters. The number of aromatic nitrogens is 3. The van der Waals surface area contributed by atoms with Gasteiger partial charge in [0.15, 0.2) is 0 Å². The van der Waals surface area contributed by atoms with E-state index in [0.29, 0.717) is 24.5 Å². The lowest BCUT2D eigenvalue weighted by Crippen LogP contribution is -2.29. The highest BCUT2D eigenvalue weighted by Crippen LogP contribution is 2.37. The Morgan fingerprint density at radius 2 is 2.03 bits per heavy atom. The third-order valence-electron chi connectivity index (χ3n) is 7.37. The van der Waals surface area contributed by atoms with E-state index in [4.69, 9.17) is 10.7 Å². The van der Waals surface area contributed by atoms with Crippen LogP contribution in [-0.4, -0.2) is 53.7 Å². The zero-order valence-electron chi connectivity index (χ0n) is 22.8. The molecule has 8 nitrogen and oxygen atoms in total. The van der Waals surface area contributed by atoms with Gasteiger partial charge in [-0.05, 0) is 69.1 Å². The molecule has 3 heterocycles. The van der Waals surface area contributed by atoms with Gasteiger partial charge in [-0.1, -0.05) is 18.2 Å². The molecule has 0 fully saturated rings. The number of benzene rings is 2. The maximum atomic E-state index is 9.25. The van der Waals surface area contributed by atoms with Gasteiger partial charge in [-0.2, -0.15) is 5.26 Å². The van der Waals surface area contributed by atoms with Crippen molar-refractivity contribution in [2.45, 2.75) is 39.2 Å². The summed E-state index contributed by atoms with van der Waals surface area (Å²) < 4.78 is 2.35. The second-order valence-electron chi connectivity index (χ2n) is 10.5. The van der Waals surface area contributed by atoms with E-state index in [-0.39, 0.29) is 0 Å². The van der Waals surface area contributed by atoms with Crippen LogP contribution in [0.25, 0.3) is 22.2 Å². The quantitative estimate of drug-likeness (QED) is 0.302. The first-order chi connectivity index (χ1) is 18.4. The van der Waals surface area contributed by atoms with E-state index in [0.717, 1.165) is 66.2 Å². The van der Waals surface area contributed by atoms with E-state index in [1.165, 1.54) is 16.5 Å². The van der Waals surface area contributed by atoms with Gasteiger partial charge in [-0.3, -0.25) is 0 Å². The second kappa shape index (κ2) is 10.7. The topological polar surface area (TPSA) is 99.0 Å². The van der Waals surface area contributed by atoms with Gasteiger partial charge in [0, 0.05) is 62.1 Å². The molecule has 2 aromatic heterocycles. The summed E-state index contributed by atoms with van der Waals surface area (Å²) in [5.41, 5.74) is 15.8. The molecule has 4 aromatic rings. The minimum atomic E-state index is 0.422. The molecule has 0 radical (unpaired) electrons. The number of rotatable bonds is 9. The van der Waals surface area contributed by atoms with Crippen LogP contribution in [0, 0.1) is 18.3 Å². The number of para-hydroxylation sites is 1. The smallest absolute Gasteiger partial charge is 0.227 e. The van der Waals surface area contributed by atoms with Crippen molar-refractivity contribution in [1.29, 1.82) is 5.26 Å². The van der Waals surface area contributed by atoms with E-state index in [2.05, 4.69) is 89.3 Å². The molecule has 8 heteroatoms. The summed E-state index contributed by atoms with van der Waals surface area (Å²) in [6, 6.07) is 12.9. The first-order valence-electron chi connectivity index (χ1n) is 13.2. The molecule has 0 amide bonds. The van der Waals surface area contributed by atoms with Gasteiger partial charge in [0.1, 0.15) is 0 Å². The number of hydrogen-bond donors (Lipinski definition) is 2. The molecular formula is C30H36N8. The second-order valence-corrected chi connectivity index (χ2v) is 10.5. The van der Waals surface area contributed by atoms with Crippen molar-refractivity contribution >= 4 is 33.9 Å². The monoisotopic (exact) mass is 508 g/mol. The number of aryl methyl sites for hydroxylation is 4. The van der Waals surface area contributed by atoms with Gasteiger partial charge in [-0.15, -0.1) is 0 Å². The molecule has 3 N–H and O–H groups in total. The summed E-state index contributed by atoms with van der Waals surface area (Å²) in [7, 11) is 6.20. The van der Waals surface area contributed by atoms with Crippen LogP contribution in [0.15, 0.2) is 42.7 Å². The summed E-state index contributed by atoms with van der Waals surface area (Å²) in [6.07, 6.45) is 7.34. The van der Waals surface area contributed by atoms with E-state index >= 15 is 0 Å². The fourth-order valence-corrected chi connectivity index (χ4v) is 5.28. The van der Waals surface area contributed by atoms with Crippen molar-refractivity contribution in [2.75, 3.05) is 50.2 Å². The lowest BCUT2D eigenvalue weighted by atomic mass is 10.00. The van der Waals surface area contributed by atoms with Crippen LogP contribution in [0.3, 0.4) is 0 Å². The number of likely N-dealkylation sites (N-methyl/N-ethyl adjacent to an activating group) is 2. The van der Waals surface area contributed by atoms with Gasteiger partial charge in [0.05, 0.1) is 28.7 Å². The maximum absolute atomic E-state index is 9.25. The van der Waals surface area contributed by atoms with Crippen LogP contribution in [0.2, 0.25) is 0 Å². The summed E-state index contributed by atoms with van der Waals surface area (Å²) >= 11 is 0. The Morgan fingerprint density at radius 3 is 2.82 bits per heavy atom. The largest absolute Gasteiger partial charge is 0.397 e. The molecule has 0 saturated heterocycles. The lowest BCUT2D eigenvalue weighted by Gasteiger charge is -2.24. The molecule has 0 saturated carbocycles. The number of anilines is 4. The van der Waals surface area contributed by atoms with E-state index in [1.54, 1.807) is 0 Å². The summed E-state index contributed by atoms with van der Waals surface area (Å²) in [5.74, 6) is 0.517. The van der Waals surface area contributed by atoms with E-state index in [9.17, 15) is 5.26 Å². The van der Waals surface area contributed by atoms with Crippen LogP contribution in [0.1, 0.15) is 29.5 Å². The maximum Gasteiger partial charge on any atom is 0.227 e. The van der Waals surface area contributed by atoms with Crippen LogP contribution < -0.4 is 16.0 Å². The Labute approximate surface area is 224 Å². The Bertz CT molecular complexity index is 1510. The first-order valence-corrected chi connectivity index (χ1v) is 13.2. The van der Waals surface area contributed by atoms with Crippen LogP contribution in [0.5, 0.6) is 0 Å². The zero-order valence-corrected chi connectivity index (χ0v) is 22.8. The Hall–Kier alpha value is -4.09. The molecule has 38 heavy (non-hydrogen) atoms. The lowest BCUT2D eigenvalue weighted by molar-refractivity contribution is 0.416. The minimum Gasteiger partial charge on any atom is -0.397 e. The molecule has 5 rings (SSSR count). The van der Waals surface area contributed by atoms with Crippen LogP contribution in [0.4, 0.5) is 23.0 Å². The van der Waals surface area contributed by atoms with Crippen molar-refractivity contribution in [3.8, 4) is 17.3 Å². The predicted molar refractivity (Wildman–Crippen MR) is 156 cm³/mol. The number of nitriles is 1. The highest BCUT2D eigenvalue weighted by Gasteiger charge is 2.20. The number of nitrogens with one attached hydrogen (secondary N) is 1. The van der Waals surface area contributed by atoms with E-state index < -0.39 is 0 Å². The summed E-state index contributed by atoms with van der Waals surface area (Å²) in [5, 5.41) is 13.9. The van der Waals surface area contributed by atoms with Gasteiger partial charge in [0.25, 0.3) is 0 Å². The normalized spacial score (nSPS) is 12.6. The third-order valence-corrected chi connectivity index (χ3v) is 7.37. The Kier molecular flexibility index (Phi) is 7.21. The third kappa shape index (κ3) is 5.02. The van der Waals surface area contributed by atoms with Gasteiger partial charge in [0.2, 0.25) is 5.95 Å². The fourth-order valence-electron chi connectivity index (χ4n) is 5.28. The van der Waals surface area contributed by atoms with Crippen LogP contribution in [-0.2, 0) is 19.4 Å². The fraction of sp³-hybridized carbons (Fsp3) is 0.367. The SMILES string of the molecule is Cc1cc(N(C)CCN(C)C)c(N)cc1Nc1ncc(CCC#N)c(-c2cn3c4c(cccc24)CCC3)n1. The van der Waals surface area contributed by atoms with Crippen molar-refractivity contribution in [3.05, 3.63) is 59.4 Å². The number of hydrogen-bond acceptors (Lipinski definition) is 7. The zero-order chi connectivity index (χ0) is 26.8. The highest BCUT2D eigenvalue weighted by atomic mass is 15.2. The molecule has 0 spiro atoms. The number of nitrogen functional groups attached to an aromatic ring is 1. The molecule has 0 bridgehead atoms.